The number of aliphatic hydroxyl groups is 1. The van der Waals surface area contributed by atoms with E-state index in [1.165, 1.54) is 0 Å². The zero-order valence-corrected chi connectivity index (χ0v) is 12.7. The predicted molar refractivity (Wildman–Crippen MR) is 86.5 cm³/mol. The smallest absolute Gasteiger partial charge is 0.277 e. The van der Waals surface area contributed by atoms with Gasteiger partial charge in [-0.15, -0.1) is 5.10 Å². The third-order valence-electron chi connectivity index (χ3n) is 3.54. The molecule has 3 aromatic rings. The largest absolute Gasteiger partial charge is 0.491 e. The molecule has 0 saturated heterocycles. The summed E-state index contributed by atoms with van der Waals surface area (Å²) in [6.45, 7) is 2.04. The summed E-state index contributed by atoms with van der Waals surface area (Å²) in [6.07, 6.45) is -0.859. The molecule has 23 heavy (non-hydrogen) atoms. The van der Waals surface area contributed by atoms with Gasteiger partial charge in [0.05, 0.1) is 11.9 Å². The Morgan fingerprint density at radius 1 is 1.17 bits per heavy atom. The lowest BCUT2D eigenvalue weighted by atomic mass is 10.2. The minimum absolute atomic E-state index is 0.0303. The van der Waals surface area contributed by atoms with Crippen LogP contribution in [0.25, 0.3) is 10.9 Å². The lowest BCUT2D eigenvalue weighted by Crippen LogP contribution is -2.32. The van der Waals surface area contributed by atoms with Crippen LogP contribution in [0.5, 0.6) is 5.75 Å². The molecule has 1 atom stereocenters. The number of para-hydroxylation sites is 1. The Kier molecular flexibility index (Phi) is 4.34. The third-order valence-corrected chi connectivity index (χ3v) is 3.54. The summed E-state index contributed by atoms with van der Waals surface area (Å²) in [6, 6.07) is 14.5. The van der Waals surface area contributed by atoms with Crippen LogP contribution >= 0.6 is 0 Å². The molecule has 0 bridgehead atoms. The second-order valence-electron chi connectivity index (χ2n) is 5.32. The number of fused-ring (bicyclic) bond motifs is 1. The van der Waals surface area contributed by atoms with Gasteiger partial charge in [0.2, 0.25) is 0 Å². The summed E-state index contributed by atoms with van der Waals surface area (Å²) in [5.41, 5.74) is 1.26. The Balaban J connectivity index is 1.71. The molecule has 1 unspecified atom stereocenters. The van der Waals surface area contributed by atoms with Gasteiger partial charge >= 0.3 is 0 Å². The number of rotatable bonds is 5. The van der Waals surface area contributed by atoms with Crippen molar-refractivity contribution in [2.75, 3.05) is 6.61 Å². The fourth-order valence-corrected chi connectivity index (χ4v) is 2.30. The molecule has 0 spiro atoms. The van der Waals surface area contributed by atoms with Gasteiger partial charge in [0.1, 0.15) is 24.0 Å². The van der Waals surface area contributed by atoms with Crippen LogP contribution in [0.15, 0.2) is 53.3 Å². The van der Waals surface area contributed by atoms with Crippen LogP contribution in [0.4, 0.5) is 0 Å². The molecule has 6 heteroatoms. The van der Waals surface area contributed by atoms with Crippen molar-refractivity contribution in [2.24, 2.45) is 0 Å². The van der Waals surface area contributed by atoms with Gasteiger partial charge in [-0.3, -0.25) is 4.79 Å². The van der Waals surface area contributed by atoms with Gasteiger partial charge < -0.3 is 9.84 Å². The molecule has 0 fully saturated rings. The number of hydrogen-bond donors (Lipinski definition) is 1. The summed E-state index contributed by atoms with van der Waals surface area (Å²) >= 11 is 0. The van der Waals surface area contributed by atoms with Crippen LogP contribution in [0.2, 0.25) is 0 Å². The molecule has 1 aromatic heterocycles. The highest BCUT2D eigenvalue weighted by molar-refractivity contribution is 5.76. The molecular weight excluding hydrogens is 294 g/mol. The molecule has 6 nitrogen and oxygen atoms in total. The van der Waals surface area contributed by atoms with Gasteiger partial charge in [0, 0.05) is 0 Å². The maximum absolute atomic E-state index is 12.3. The second-order valence-corrected chi connectivity index (χ2v) is 5.32. The highest BCUT2D eigenvalue weighted by atomic mass is 16.5. The average Bonchev–Trinajstić information content (AvgIpc) is 2.57. The van der Waals surface area contributed by atoms with E-state index in [0.717, 1.165) is 10.2 Å². The van der Waals surface area contributed by atoms with Crippen molar-refractivity contribution in [1.82, 2.24) is 15.0 Å². The van der Waals surface area contributed by atoms with E-state index in [4.69, 9.17) is 4.74 Å². The Labute approximate surface area is 133 Å². The van der Waals surface area contributed by atoms with E-state index in [1.807, 2.05) is 31.2 Å². The molecule has 0 radical (unpaired) electrons. The Bertz CT molecular complexity index is 876. The van der Waals surface area contributed by atoms with E-state index in [9.17, 15) is 9.90 Å². The molecule has 3 rings (SSSR count). The van der Waals surface area contributed by atoms with E-state index >= 15 is 0 Å². The topological polar surface area (TPSA) is 77.2 Å². The van der Waals surface area contributed by atoms with Crippen LogP contribution in [0, 0.1) is 6.92 Å². The normalized spacial score (nSPS) is 12.3. The maximum atomic E-state index is 12.3. The standard InChI is InChI=1S/C17H17N3O3/c1-12-6-2-5-9-16(12)23-11-13(21)10-20-17(22)14-7-3-4-8-15(14)18-19-20/h2-9,13,21H,10-11H2,1H3. The molecule has 1 heterocycles. The molecule has 2 aromatic carbocycles. The summed E-state index contributed by atoms with van der Waals surface area (Å²) in [5, 5.41) is 18.4. The number of benzene rings is 2. The number of aromatic nitrogens is 3. The first-order valence-electron chi connectivity index (χ1n) is 7.34. The summed E-state index contributed by atoms with van der Waals surface area (Å²) in [7, 11) is 0. The van der Waals surface area contributed by atoms with Crippen LogP contribution in [0.1, 0.15) is 5.56 Å². The van der Waals surface area contributed by atoms with Crippen LogP contribution < -0.4 is 10.3 Å². The van der Waals surface area contributed by atoms with Crippen molar-refractivity contribution >= 4 is 10.9 Å². The van der Waals surface area contributed by atoms with Gasteiger partial charge in [-0.05, 0) is 30.7 Å². The molecule has 1 N–H and O–H groups in total. The van der Waals surface area contributed by atoms with E-state index in [2.05, 4.69) is 10.3 Å². The molecule has 0 amide bonds. The summed E-state index contributed by atoms with van der Waals surface area (Å²) < 4.78 is 6.75. The lowest BCUT2D eigenvalue weighted by Gasteiger charge is -2.14. The van der Waals surface area contributed by atoms with Gasteiger partial charge in [-0.2, -0.15) is 0 Å². The highest BCUT2D eigenvalue weighted by Gasteiger charge is 2.11. The molecule has 0 aliphatic rings. The fourth-order valence-electron chi connectivity index (χ4n) is 2.30. The first-order valence-corrected chi connectivity index (χ1v) is 7.34. The van der Waals surface area contributed by atoms with Crippen LogP contribution in [-0.2, 0) is 6.54 Å². The van der Waals surface area contributed by atoms with Crippen molar-refractivity contribution in [3.8, 4) is 5.75 Å². The number of hydrogen-bond acceptors (Lipinski definition) is 5. The van der Waals surface area contributed by atoms with E-state index < -0.39 is 6.10 Å². The third kappa shape index (κ3) is 3.37. The minimum atomic E-state index is -0.859. The van der Waals surface area contributed by atoms with E-state index in [0.29, 0.717) is 16.7 Å². The lowest BCUT2D eigenvalue weighted by molar-refractivity contribution is 0.0870. The first kappa shape index (κ1) is 15.2. The molecule has 0 aliphatic carbocycles. The number of nitrogens with zero attached hydrogens (tertiary/aromatic N) is 3. The van der Waals surface area contributed by atoms with E-state index in [-0.39, 0.29) is 18.7 Å². The van der Waals surface area contributed by atoms with Gasteiger partial charge in [-0.1, -0.05) is 35.5 Å². The van der Waals surface area contributed by atoms with Crippen molar-refractivity contribution in [3.05, 3.63) is 64.4 Å². The SMILES string of the molecule is Cc1ccccc1OCC(O)Cn1nnc2ccccc2c1=O. The number of aliphatic hydroxyl groups excluding tert-OH is 1. The van der Waals surface area contributed by atoms with E-state index in [1.54, 1.807) is 24.3 Å². The van der Waals surface area contributed by atoms with Gasteiger partial charge in [0.25, 0.3) is 5.56 Å². The van der Waals surface area contributed by atoms with Crippen LogP contribution in [0.3, 0.4) is 0 Å². The quantitative estimate of drug-likeness (QED) is 0.773. The monoisotopic (exact) mass is 311 g/mol. The average molecular weight is 311 g/mol. The highest BCUT2D eigenvalue weighted by Crippen LogP contribution is 2.16. The predicted octanol–water partition coefficient (Wildman–Crippen LogP) is 1.54. The molecular formula is C17H17N3O3. The number of aryl methyl sites for hydroxylation is 1. The Morgan fingerprint density at radius 2 is 1.91 bits per heavy atom. The van der Waals surface area contributed by atoms with Crippen molar-refractivity contribution in [3.63, 3.8) is 0 Å². The maximum Gasteiger partial charge on any atom is 0.277 e. The molecule has 0 saturated carbocycles. The zero-order valence-electron chi connectivity index (χ0n) is 12.7. The zero-order chi connectivity index (χ0) is 16.2. The fraction of sp³-hybridized carbons (Fsp3) is 0.235. The Hall–Kier alpha value is -2.73. The summed E-state index contributed by atoms with van der Waals surface area (Å²) in [4.78, 5) is 12.3. The second kappa shape index (κ2) is 6.58. The summed E-state index contributed by atoms with van der Waals surface area (Å²) in [5.74, 6) is 0.712. The van der Waals surface area contributed by atoms with Crippen molar-refractivity contribution in [1.29, 1.82) is 0 Å². The molecule has 118 valence electrons. The Morgan fingerprint density at radius 3 is 2.74 bits per heavy atom. The van der Waals surface area contributed by atoms with Gasteiger partial charge in [0.15, 0.2) is 0 Å². The first-order chi connectivity index (χ1) is 11.1. The molecule has 0 aliphatic heterocycles. The number of ether oxygens (including phenoxy) is 1. The van der Waals surface area contributed by atoms with Crippen LogP contribution in [-0.4, -0.2) is 32.8 Å². The van der Waals surface area contributed by atoms with Crippen molar-refractivity contribution in [2.45, 2.75) is 19.6 Å². The minimum Gasteiger partial charge on any atom is -0.491 e. The van der Waals surface area contributed by atoms with Crippen molar-refractivity contribution < 1.29 is 9.84 Å². The van der Waals surface area contributed by atoms with Gasteiger partial charge in [-0.25, -0.2) is 4.68 Å².